The highest BCUT2D eigenvalue weighted by atomic mass is 32.2. The minimum Gasteiger partial charge on any atom is -0.396 e. The molecule has 1 saturated heterocycles. The summed E-state index contributed by atoms with van der Waals surface area (Å²) in [5.41, 5.74) is 0.601. The van der Waals surface area contributed by atoms with Crippen molar-refractivity contribution < 1.29 is 19.7 Å². The molecule has 1 aliphatic rings. The molecule has 1 amide bonds. The third-order valence-corrected chi connectivity index (χ3v) is 4.48. The molecular weight excluding hydrogens is 290 g/mol. The normalized spacial score (nSPS) is 21.5. The smallest absolute Gasteiger partial charge is 0.254 e. The molecule has 2 N–H and O–H groups in total. The van der Waals surface area contributed by atoms with Crippen LogP contribution in [0, 0.1) is 0 Å². The van der Waals surface area contributed by atoms with E-state index in [0.717, 1.165) is 4.90 Å². The predicted octanol–water partition coefficient (Wildman–Crippen LogP) is 0.993. The zero-order valence-corrected chi connectivity index (χ0v) is 12.9. The molecule has 0 radical (unpaired) electrons. The highest BCUT2D eigenvalue weighted by Gasteiger charge is 2.33. The van der Waals surface area contributed by atoms with E-state index < -0.39 is 6.10 Å². The van der Waals surface area contributed by atoms with Gasteiger partial charge in [0.25, 0.3) is 5.91 Å². The summed E-state index contributed by atoms with van der Waals surface area (Å²) < 4.78 is 5.23. The first-order chi connectivity index (χ1) is 10.2. The first-order valence-electron chi connectivity index (χ1n) is 7.08. The van der Waals surface area contributed by atoms with E-state index in [9.17, 15) is 9.90 Å². The summed E-state index contributed by atoms with van der Waals surface area (Å²) in [4.78, 5) is 15.2. The van der Waals surface area contributed by atoms with E-state index in [-0.39, 0.29) is 25.2 Å². The molecule has 1 aromatic carbocycles. The lowest BCUT2D eigenvalue weighted by Gasteiger charge is -2.28. The fraction of sp³-hybridized carbons (Fsp3) is 0.533. The van der Waals surface area contributed by atoms with Crippen LogP contribution < -0.4 is 0 Å². The number of thioether (sulfide) groups is 1. The van der Waals surface area contributed by atoms with Crippen LogP contribution in [0.25, 0.3) is 0 Å². The highest BCUT2D eigenvalue weighted by Crippen LogP contribution is 2.20. The molecule has 1 heterocycles. The summed E-state index contributed by atoms with van der Waals surface area (Å²) in [5.74, 6) is 0.547. The van der Waals surface area contributed by atoms with Crippen molar-refractivity contribution in [3.63, 3.8) is 0 Å². The molecule has 6 heteroatoms. The molecule has 2 atom stereocenters. The van der Waals surface area contributed by atoms with Crippen molar-refractivity contribution in [2.24, 2.45) is 0 Å². The number of rotatable bonds is 6. The van der Waals surface area contributed by atoms with Crippen molar-refractivity contribution in [2.75, 3.05) is 32.1 Å². The van der Waals surface area contributed by atoms with Crippen molar-refractivity contribution in [1.82, 2.24) is 4.90 Å². The number of carbonyl (C=O) groups excluding carboxylic acids is 1. The Labute approximate surface area is 128 Å². The predicted molar refractivity (Wildman–Crippen MR) is 81.6 cm³/mol. The lowest BCUT2D eigenvalue weighted by Crippen LogP contribution is -2.46. The second-order valence-electron chi connectivity index (χ2n) is 4.86. The third-order valence-electron chi connectivity index (χ3n) is 3.48. The fourth-order valence-corrected chi connectivity index (χ4v) is 3.04. The van der Waals surface area contributed by atoms with Crippen molar-refractivity contribution in [1.29, 1.82) is 0 Å². The van der Waals surface area contributed by atoms with Crippen LogP contribution in [0.15, 0.2) is 29.2 Å². The first-order valence-corrected chi connectivity index (χ1v) is 8.06. The van der Waals surface area contributed by atoms with Crippen LogP contribution in [0.2, 0.25) is 0 Å². The van der Waals surface area contributed by atoms with Crippen LogP contribution in [0.4, 0.5) is 0 Å². The van der Waals surface area contributed by atoms with Gasteiger partial charge in [-0.2, -0.15) is 0 Å². The topological polar surface area (TPSA) is 70.0 Å². The maximum Gasteiger partial charge on any atom is 0.254 e. The summed E-state index contributed by atoms with van der Waals surface area (Å²) in [6.07, 6.45) is -0.617. The number of aliphatic hydroxyl groups is 2. The summed E-state index contributed by atoms with van der Waals surface area (Å²) in [5, 5.41) is 18.7. The Morgan fingerprint density at radius 2 is 2.10 bits per heavy atom. The van der Waals surface area contributed by atoms with Crippen molar-refractivity contribution >= 4 is 17.7 Å². The number of amides is 1. The SMILES string of the molecule is CCN(C(=O)c1ccc(SCCO)cc1)[C@@H]1COC[C@H]1O. The van der Waals surface area contributed by atoms with Crippen molar-refractivity contribution in [3.05, 3.63) is 29.8 Å². The number of likely N-dealkylation sites (N-methyl/N-ethyl adjacent to an activating group) is 1. The molecule has 0 aromatic heterocycles. The fourth-order valence-electron chi connectivity index (χ4n) is 2.38. The molecule has 0 aliphatic carbocycles. The van der Waals surface area contributed by atoms with Gasteiger partial charge in [-0.1, -0.05) is 0 Å². The second-order valence-corrected chi connectivity index (χ2v) is 6.03. The molecule has 0 bridgehead atoms. The first kappa shape index (κ1) is 16.3. The number of ether oxygens (including phenoxy) is 1. The molecule has 0 saturated carbocycles. The van der Waals surface area contributed by atoms with Crippen LogP contribution in [-0.2, 0) is 4.74 Å². The van der Waals surface area contributed by atoms with Crippen LogP contribution in [0.1, 0.15) is 17.3 Å². The molecule has 116 valence electrons. The van der Waals surface area contributed by atoms with Gasteiger partial charge in [-0.3, -0.25) is 4.79 Å². The Morgan fingerprint density at radius 3 is 2.62 bits per heavy atom. The molecule has 5 nitrogen and oxygen atoms in total. The number of hydrogen-bond donors (Lipinski definition) is 2. The zero-order chi connectivity index (χ0) is 15.2. The van der Waals surface area contributed by atoms with E-state index in [1.165, 1.54) is 0 Å². The third kappa shape index (κ3) is 3.97. The zero-order valence-electron chi connectivity index (χ0n) is 12.1. The average molecular weight is 311 g/mol. The van der Waals surface area contributed by atoms with Gasteiger partial charge < -0.3 is 19.8 Å². The lowest BCUT2D eigenvalue weighted by molar-refractivity contribution is 0.0520. The second kappa shape index (κ2) is 7.79. The lowest BCUT2D eigenvalue weighted by atomic mass is 10.1. The van der Waals surface area contributed by atoms with Crippen molar-refractivity contribution in [3.8, 4) is 0 Å². The summed E-state index contributed by atoms with van der Waals surface area (Å²) >= 11 is 1.55. The van der Waals surface area contributed by atoms with Gasteiger partial charge >= 0.3 is 0 Å². The quantitative estimate of drug-likeness (QED) is 0.767. The Morgan fingerprint density at radius 1 is 1.38 bits per heavy atom. The Kier molecular flexibility index (Phi) is 6.05. The van der Waals surface area contributed by atoms with Gasteiger partial charge in [0, 0.05) is 22.8 Å². The summed E-state index contributed by atoms with van der Waals surface area (Å²) in [6, 6.07) is 7.05. The molecule has 0 unspecified atom stereocenters. The van der Waals surface area contributed by atoms with Gasteiger partial charge in [-0.05, 0) is 31.2 Å². The standard InChI is InChI=1S/C15H21NO4S/c1-2-16(13-9-20-10-14(13)18)15(19)11-3-5-12(6-4-11)21-8-7-17/h3-6,13-14,17-18H,2,7-10H2,1H3/t13-,14-/m1/s1. The molecular formula is C15H21NO4S. The van der Waals surface area contributed by atoms with E-state index in [0.29, 0.717) is 24.5 Å². The molecule has 0 spiro atoms. The number of aliphatic hydroxyl groups excluding tert-OH is 2. The maximum absolute atomic E-state index is 12.5. The van der Waals surface area contributed by atoms with Gasteiger partial charge in [-0.25, -0.2) is 0 Å². The van der Waals surface area contributed by atoms with E-state index in [1.807, 2.05) is 19.1 Å². The Balaban J connectivity index is 2.06. The van der Waals surface area contributed by atoms with Crippen LogP contribution in [0.5, 0.6) is 0 Å². The van der Waals surface area contributed by atoms with E-state index >= 15 is 0 Å². The van der Waals surface area contributed by atoms with Gasteiger partial charge in [0.2, 0.25) is 0 Å². The maximum atomic E-state index is 12.5. The van der Waals surface area contributed by atoms with E-state index in [4.69, 9.17) is 9.84 Å². The van der Waals surface area contributed by atoms with Gasteiger partial charge in [-0.15, -0.1) is 11.8 Å². The summed E-state index contributed by atoms with van der Waals surface area (Å²) in [7, 11) is 0. The minimum absolute atomic E-state index is 0.0919. The molecule has 21 heavy (non-hydrogen) atoms. The van der Waals surface area contributed by atoms with E-state index in [1.54, 1.807) is 28.8 Å². The largest absolute Gasteiger partial charge is 0.396 e. The minimum atomic E-state index is -0.617. The number of carbonyl (C=O) groups is 1. The Hall–Kier alpha value is -1.08. The highest BCUT2D eigenvalue weighted by molar-refractivity contribution is 7.99. The van der Waals surface area contributed by atoms with Gasteiger partial charge in [0.15, 0.2) is 0 Å². The molecule has 1 aliphatic heterocycles. The van der Waals surface area contributed by atoms with Gasteiger partial charge in [0.1, 0.15) is 0 Å². The van der Waals surface area contributed by atoms with E-state index in [2.05, 4.69) is 0 Å². The molecule has 1 fully saturated rings. The molecule has 2 rings (SSSR count). The van der Waals surface area contributed by atoms with Crippen molar-refractivity contribution in [2.45, 2.75) is 24.0 Å². The van der Waals surface area contributed by atoms with Crippen LogP contribution in [-0.4, -0.2) is 65.3 Å². The van der Waals surface area contributed by atoms with Crippen LogP contribution >= 0.6 is 11.8 Å². The average Bonchev–Trinajstić information content (AvgIpc) is 2.92. The number of nitrogens with zero attached hydrogens (tertiary/aromatic N) is 1. The van der Waals surface area contributed by atoms with Crippen LogP contribution in [0.3, 0.4) is 0 Å². The van der Waals surface area contributed by atoms with Gasteiger partial charge in [0.05, 0.1) is 32.0 Å². The number of benzene rings is 1. The monoisotopic (exact) mass is 311 g/mol. The number of hydrogen-bond acceptors (Lipinski definition) is 5. The molecule has 1 aromatic rings. The Bertz CT molecular complexity index is 465. The summed E-state index contributed by atoms with van der Waals surface area (Å²) in [6.45, 7) is 3.23.